The molecule has 2 amide bonds. The minimum atomic E-state index is -0.645. The molecular weight excluding hydrogens is 483 g/mol. The van der Waals surface area contributed by atoms with Crippen LogP contribution in [0.1, 0.15) is 27.2 Å². The monoisotopic (exact) mass is 510 g/mol. The molecule has 156 valence electrons. The highest BCUT2D eigenvalue weighted by molar-refractivity contribution is 14.1. The quantitative estimate of drug-likeness (QED) is 0.416. The Balaban J connectivity index is 1.82. The molecule has 0 radical (unpaired) electrons. The normalized spacial score (nSPS) is 10.9. The summed E-state index contributed by atoms with van der Waals surface area (Å²) < 4.78 is 12.2. The molecule has 0 atom stereocenters. The van der Waals surface area contributed by atoms with Crippen LogP contribution in [0.4, 0.5) is 10.5 Å². The fourth-order valence-electron chi connectivity index (χ4n) is 2.41. The molecule has 6 nitrogen and oxygen atoms in total. The SMILES string of the molecule is CC(C)(C)OC(=O)N(CC(=O)NCCCOc1ccc(I)cc1)c1ccccc1. The Morgan fingerprint density at radius 3 is 2.31 bits per heavy atom. The maximum Gasteiger partial charge on any atom is 0.415 e. The molecule has 7 heteroatoms. The van der Waals surface area contributed by atoms with Gasteiger partial charge in [0.25, 0.3) is 0 Å². The molecule has 0 aliphatic rings. The first kappa shape index (κ1) is 23.0. The van der Waals surface area contributed by atoms with Gasteiger partial charge < -0.3 is 14.8 Å². The number of nitrogens with one attached hydrogen (secondary N) is 1. The van der Waals surface area contributed by atoms with Gasteiger partial charge in [-0.2, -0.15) is 0 Å². The fraction of sp³-hybridized carbons (Fsp3) is 0.364. The average Bonchev–Trinajstić information content (AvgIpc) is 2.66. The van der Waals surface area contributed by atoms with Gasteiger partial charge in [0, 0.05) is 15.8 Å². The Labute approximate surface area is 185 Å². The van der Waals surface area contributed by atoms with Gasteiger partial charge in [-0.3, -0.25) is 9.69 Å². The second-order valence-corrected chi connectivity index (χ2v) is 8.65. The summed E-state index contributed by atoms with van der Waals surface area (Å²) in [5, 5.41) is 2.83. The summed E-state index contributed by atoms with van der Waals surface area (Å²) in [7, 11) is 0. The third-order valence-electron chi connectivity index (χ3n) is 3.71. The van der Waals surface area contributed by atoms with Crippen molar-refractivity contribution in [3.05, 3.63) is 58.2 Å². The molecule has 0 saturated carbocycles. The van der Waals surface area contributed by atoms with Gasteiger partial charge in [0.1, 0.15) is 17.9 Å². The first-order chi connectivity index (χ1) is 13.7. The number of hydrogen-bond donors (Lipinski definition) is 1. The number of benzene rings is 2. The van der Waals surface area contributed by atoms with Crippen LogP contribution in [-0.2, 0) is 9.53 Å². The molecule has 0 spiro atoms. The molecule has 0 fully saturated rings. The highest BCUT2D eigenvalue weighted by Crippen LogP contribution is 2.18. The Hall–Kier alpha value is -2.29. The van der Waals surface area contributed by atoms with Gasteiger partial charge in [-0.25, -0.2) is 4.79 Å². The molecule has 0 bridgehead atoms. The molecular formula is C22H27IN2O4. The van der Waals surface area contributed by atoms with Gasteiger partial charge in [-0.1, -0.05) is 18.2 Å². The number of carbonyl (C=O) groups excluding carboxylic acids is 2. The number of amides is 2. The lowest BCUT2D eigenvalue weighted by molar-refractivity contribution is -0.119. The van der Waals surface area contributed by atoms with Crippen LogP contribution in [-0.4, -0.2) is 37.3 Å². The standard InChI is InChI=1S/C22H27IN2O4/c1-22(2,3)29-21(27)25(18-8-5-4-6-9-18)16-20(26)24-14-7-15-28-19-12-10-17(23)11-13-19/h4-6,8-13H,7,14-16H2,1-3H3,(H,24,26). The number of anilines is 1. The topological polar surface area (TPSA) is 67.9 Å². The maximum atomic E-state index is 12.6. The zero-order valence-corrected chi connectivity index (χ0v) is 19.1. The Bertz CT molecular complexity index is 789. The molecule has 0 aliphatic heterocycles. The van der Waals surface area contributed by atoms with Crippen molar-refractivity contribution in [3.63, 3.8) is 0 Å². The van der Waals surface area contributed by atoms with E-state index in [-0.39, 0.29) is 12.5 Å². The van der Waals surface area contributed by atoms with Gasteiger partial charge in [0.05, 0.1) is 6.61 Å². The van der Waals surface area contributed by atoms with Crippen LogP contribution in [0, 0.1) is 3.57 Å². The minimum absolute atomic E-state index is 0.114. The first-order valence-corrected chi connectivity index (χ1v) is 10.5. The summed E-state index contributed by atoms with van der Waals surface area (Å²) in [6.45, 7) is 6.22. The van der Waals surface area contributed by atoms with E-state index in [2.05, 4.69) is 27.9 Å². The molecule has 29 heavy (non-hydrogen) atoms. The predicted molar refractivity (Wildman–Crippen MR) is 122 cm³/mol. The predicted octanol–water partition coefficient (Wildman–Crippen LogP) is 4.62. The van der Waals surface area contributed by atoms with Crippen LogP contribution in [0.5, 0.6) is 5.75 Å². The summed E-state index contributed by atoms with van der Waals surface area (Å²) >= 11 is 2.24. The Morgan fingerprint density at radius 2 is 1.69 bits per heavy atom. The molecule has 2 rings (SSSR count). The number of nitrogens with zero attached hydrogens (tertiary/aromatic N) is 1. The second-order valence-electron chi connectivity index (χ2n) is 7.41. The van der Waals surface area contributed by atoms with Crippen molar-refractivity contribution in [2.24, 2.45) is 0 Å². The second kappa shape index (κ2) is 11.0. The van der Waals surface area contributed by atoms with E-state index < -0.39 is 11.7 Å². The molecule has 0 unspecified atom stereocenters. The molecule has 0 saturated heterocycles. The van der Waals surface area contributed by atoms with E-state index in [9.17, 15) is 9.59 Å². The summed E-state index contributed by atoms with van der Waals surface area (Å²) in [6.07, 6.45) is 0.107. The van der Waals surface area contributed by atoms with Crippen LogP contribution in [0.15, 0.2) is 54.6 Å². The number of hydrogen-bond acceptors (Lipinski definition) is 4. The van der Waals surface area contributed by atoms with Crippen molar-refractivity contribution in [3.8, 4) is 5.75 Å². The summed E-state index contributed by atoms with van der Waals surface area (Å²) in [5.41, 5.74) is -0.0353. The number of rotatable bonds is 8. The van der Waals surface area contributed by atoms with Crippen LogP contribution in [0.2, 0.25) is 0 Å². The lowest BCUT2D eigenvalue weighted by Gasteiger charge is -2.27. The third-order valence-corrected chi connectivity index (χ3v) is 4.43. The molecule has 2 aromatic rings. The Morgan fingerprint density at radius 1 is 1.03 bits per heavy atom. The van der Waals surface area contributed by atoms with E-state index in [0.717, 1.165) is 9.32 Å². The molecule has 0 heterocycles. The van der Waals surface area contributed by atoms with Crippen molar-refractivity contribution in [2.45, 2.75) is 32.8 Å². The zero-order valence-electron chi connectivity index (χ0n) is 17.0. The minimum Gasteiger partial charge on any atom is -0.494 e. The lowest BCUT2D eigenvalue weighted by atomic mass is 10.2. The summed E-state index contributed by atoms with van der Waals surface area (Å²) in [6, 6.07) is 16.8. The smallest absolute Gasteiger partial charge is 0.415 e. The summed E-state index contributed by atoms with van der Waals surface area (Å²) in [4.78, 5) is 26.3. The van der Waals surface area contributed by atoms with Crippen molar-refractivity contribution >= 4 is 40.3 Å². The maximum absolute atomic E-state index is 12.6. The third kappa shape index (κ3) is 8.72. The van der Waals surface area contributed by atoms with Gasteiger partial charge in [-0.15, -0.1) is 0 Å². The number of para-hydroxylation sites is 1. The lowest BCUT2D eigenvalue weighted by Crippen LogP contribution is -2.43. The van der Waals surface area contributed by atoms with Gasteiger partial charge in [0.2, 0.25) is 5.91 Å². The van der Waals surface area contributed by atoms with Crippen molar-refractivity contribution < 1.29 is 19.1 Å². The van der Waals surface area contributed by atoms with Crippen molar-refractivity contribution in [2.75, 3.05) is 24.6 Å². The number of halogens is 1. The van der Waals surface area contributed by atoms with Crippen LogP contribution >= 0.6 is 22.6 Å². The van der Waals surface area contributed by atoms with Gasteiger partial charge in [0.15, 0.2) is 0 Å². The van der Waals surface area contributed by atoms with E-state index >= 15 is 0 Å². The molecule has 0 aromatic heterocycles. The first-order valence-electron chi connectivity index (χ1n) is 9.45. The average molecular weight is 510 g/mol. The number of carbonyl (C=O) groups is 2. The largest absolute Gasteiger partial charge is 0.494 e. The fourth-order valence-corrected chi connectivity index (χ4v) is 2.77. The Kier molecular flexibility index (Phi) is 8.75. The molecule has 0 aliphatic carbocycles. The zero-order chi connectivity index (χ0) is 21.3. The van der Waals surface area contributed by atoms with E-state index in [1.54, 1.807) is 32.9 Å². The van der Waals surface area contributed by atoms with Gasteiger partial charge >= 0.3 is 6.09 Å². The highest BCUT2D eigenvalue weighted by Gasteiger charge is 2.25. The van der Waals surface area contributed by atoms with Crippen LogP contribution < -0.4 is 15.0 Å². The van der Waals surface area contributed by atoms with Crippen LogP contribution in [0.25, 0.3) is 0 Å². The van der Waals surface area contributed by atoms with Crippen LogP contribution in [0.3, 0.4) is 0 Å². The van der Waals surface area contributed by atoms with Crippen molar-refractivity contribution in [1.29, 1.82) is 0 Å². The van der Waals surface area contributed by atoms with E-state index in [1.165, 1.54) is 4.90 Å². The molecule has 1 N–H and O–H groups in total. The van der Waals surface area contributed by atoms with E-state index in [0.29, 0.717) is 25.3 Å². The molecule has 2 aromatic carbocycles. The van der Waals surface area contributed by atoms with Gasteiger partial charge in [-0.05, 0) is 86.2 Å². The van der Waals surface area contributed by atoms with E-state index in [1.807, 2.05) is 42.5 Å². The number of ether oxygens (including phenoxy) is 2. The van der Waals surface area contributed by atoms with E-state index in [4.69, 9.17) is 9.47 Å². The highest BCUT2D eigenvalue weighted by atomic mass is 127. The van der Waals surface area contributed by atoms with Crippen molar-refractivity contribution in [1.82, 2.24) is 5.32 Å². The summed E-state index contributed by atoms with van der Waals surface area (Å²) in [5.74, 6) is 0.547.